The Balaban J connectivity index is 1.57. The Morgan fingerprint density at radius 3 is 2.80 bits per heavy atom. The minimum atomic E-state index is -0.642. The average Bonchev–Trinajstić information content (AvgIpc) is 2.93. The molecule has 0 saturated carbocycles. The number of fused-ring (bicyclic) bond motifs is 1. The van der Waals surface area contributed by atoms with Gasteiger partial charge < -0.3 is 10.6 Å². The molecule has 2 amide bonds. The van der Waals surface area contributed by atoms with Gasteiger partial charge in [-0.05, 0) is 42.2 Å². The van der Waals surface area contributed by atoms with Crippen molar-refractivity contribution in [1.82, 2.24) is 5.32 Å². The van der Waals surface area contributed by atoms with Gasteiger partial charge in [0.15, 0.2) is 0 Å². The van der Waals surface area contributed by atoms with Gasteiger partial charge in [0.05, 0.1) is 12.5 Å². The van der Waals surface area contributed by atoms with Crippen LogP contribution in [0.3, 0.4) is 0 Å². The summed E-state index contributed by atoms with van der Waals surface area (Å²) in [7, 11) is 0. The summed E-state index contributed by atoms with van der Waals surface area (Å²) in [4.78, 5) is 23.5. The van der Waals surface area contributed by atoms with Crippen LogP contribution in [0.1, 0.15) is 36.1 Å². The lowest BCUT2D eigenvalue weighted by Crippen LogP contribution is -2.27. The van der Waals surface area contributed by atoms with E-state index in [-0.39, 0.29) is 30.7 Å². The summed E-state index contributed by atoms with van der Waals surface area (Å²) < 4.78 is 26.5. The molecular weight excluding hydrogens is 326 g/mol. The van der Waals surface area contributed by atoms with E-state index in [1.165, 1.54) is 12.1 Å². The second kappa shape index (κ2) is 7.01. The fraction of sp³-hybridized carbons (Fsp3) is 0.263. The number of nitrogens with one attached hydrogen (secondary N) is 2. The molecule has 2 aromatic rings. The van der Waals surface area contributed by atoms with Crippen LogP contribution in [0.4, 0.5) is 14.5 Å². The second-order valence-corrected chi connectivity index (χ2v) is 6.17. The molecule has 25 heavy (non-hydrogen) atoms. The second-order valence-electron chi connectivity index (χ2n) is 6.17. The molecule has 2 aromatic carbocycles. The normalized spacial score (nSPS) is 14.0. The van der Waals surface area contributed by atoms with E-state index in [0.29, 0.717) is 12.0 Å². The zero-order valence-electron chi connectivity index (χ0n) is 13.7. The maximum absolute atomic E-state index is 13.6. The van der Waals surface area contributed by atoms with E-state index in [2.05, 4.69) is 10.6 Å². The van der Waals surface area contributed by atoms with Crippen molar-refractivity contribution in [3.63, 3.8) is 0 Å². The van der Waals surface area contributed by atoms with Gasteiger partial charge in [0.25, 0.3) is 0 Å². The van der Waals surface area contributed by atoms with Crippen LogP contribution in [-0.2, 0) is 22.4 Å². The molecule has 0 spiro atoms. The van der Waals surface area contributed by atoms with Crippen LogP contribution < -0.4 is 10.6 Å². The van der Waals surface area contributed by atoms with Crippen LogP contribution >= 0.6 is 0 Å². The molecule has 1 atom stereocenters. The Hall–Kier alpha value is -2.76. The van der Waals surface area contributed by atoms with E-state index in [0.717, 1.165) is 22.9 Å². The van der Waals surface area contributed by atoms with Gasteiger partial charge in [-0.3, -0.25) is 9.59 Å². The van der Waals surface area contributed by atoms with Crippen molar-refractivity contribution in [1.29, 1.82) is 0 Å². The molecule has 130 valence electrons. The third-order valence-corrected chi connectivity index (χ3v) is 4.27. The number of anilines is 1. The monoisotopic (exact) mass is 344 g/mol. The number of benzene rings is 2. The highest BCUT2D eigenvalue weighted by atomic mass is 19.1. The van der Waals surface area contributed by atoms with E-state index in [9.17, 15) is 18.4 Å². The SMILES string of the molecule is C[C@H](NC(=O)CCc1ccc(F)cc1F)c1ccc2c(c1)CC(=O)N2. The molecule has 0 aromatic heterocycles. The molecule has 0 fully saturated rings. The van der Waals surface area contributed by atoms with Crippen LogP contribution in [-0.4, -0.2) is 11.8 Å². The molecule has 0 saturated heterocycles. The zero-order chi connectivity index (χ0) is 18.0. The topological polar surface area (TPSA) is 58.2 Å². The van der Waals surface area contributed by atoms with E-state index >= 15 is 0 Å². The number of amides is 2. The lowest BCUT2D eigenvalue weighted by Gasteiger charge is -2.15. The highest BCUT2D eigenvalue weighted by molar-refractivity contribution is 5.99. The lowest BCUT2D eigenvalue weighted by molar-refractivity contribution is -0.121. The summed E-state index contributed by atoms with van der Waals surface area (Å²) >= 11 is 0. The minimum absolute atomic E-state index is 0.0369. The van der Waals surface area contributed by atoms with Crippen molar-refractivity contribution in [3.8, 4) is 0 Å². The molecule has 0 radical (unpaired) electrons. The van der Waals surface area contributed by atoms with Crippen LogP contribution in [0.15, 0.2) is 36.4 Å². The summed E-state index contributed by atoms with van der Waals surface area (Å²) in [5.74, 6) is -1.53. The Bertz CT molecular complexity index is 836. The number of carbonyl (C=O) groups excluding carboxylic acids is 2. The summed E-state index contributed by atoms with van der Waals surface area (Å²) in [5.41, 5.74) is 2.93. The number of halogens is 2. The molecule has 4 nitrogen and oxygen atoms in total. The summed E-state index contributed by atoms with van der Waals surface area (Å²) in [6, 6.07) is 8.70. The molecule has 3 rings (SSSR count). The number of rotatable bonds is 5. The van der Waals surface area contributed by atoms with Gasteiger partial charge in [0.1, 0.15) is 11.6 Å². The van der Waals surface area contributed by atoms with Gasteiger partial charge in [-0.15, -0.1) is 0 Å². The highest BCUT2D eigenvalue weighted by Gasteiger charge is 2.19. The molecule has 1 heterocycles. The third-order valence-electron chi connectivity index (χ3n) is 4.27. The van der Waals surface area contributed by atoms with Gasteiger partial charge in [-0.2, -0.15) is 0 Å². The molecule has 1 aliphatic rings. The van der Waals surface area contributed by atoms with Crippen LogP contribution in [0.5, 0.6) is 0 Å². The molecular formula is C19H18F2N2O2. The van der Waals surface area contributed by atoms with Crippen LogP contribution in [0, 0.1) is 11.6 Å². The fourth-order valence-electron chi connectivity index (χ4n) is 2.89. The highest BCUT2D eigenvalue weighted by Crippen LogP contribution is 2.26. The Labute approximate surface area is 144 Å². The first-order valence-corrected chi connectivity index (χ1v) is 8.08. The van der Waals surface area contributed by atoms with Crippen molar-refractivity contribution in [2.45, 2.75) is 32.2 Å². The predicted molar refractivity (Wildman–Crippen MR) is 90.0 cm³/mol. The summed E-state index contributed by atoms with van der Waals surface area (Å²) in [5, 5.41) is 5.62. The van der Waals surface area contributed by atoms with Gasteiger partial charge >= 0.3 is 0 Å². The van der Waals surface area contributed by atoms with E-state index < -0.39 is 11.6 Å². The van der Waals surface area contributed by atoms with E-state index in [1.54, 1.807) is 0 Å². The molecule has 6 heteroatoms. The standard InChI is InChI=1S/C19H18F2N2O2/c1-11(13-3-6-17-14(8-13)9-19(25)23-17)22-18(24)7-4-12-2-5-15(20)10-16(12)21/h2-3,5-6,8,10-11H,4,7,9H2,1H3,(H,22,24)(H,23,25)/t11-/m0/s1. The Morgan fingerprint density at radius 2 is 2.04 bits per heavy atom. The minimum Gasteiger partial charge on any atom is -0.350 e. The van der Waals surface area contributed by atoms with Crippen molar-refractivity contribution >= 4 is 17.5 Å². The van der Waals surface area contributed by atoms with Crippen LogP contribution in [0.25, 0.3) is 0 Å². The van der Waals surface area contributed by atoms with E-state index in [4.69, 9.17) is 0 Å². The third kappa shape index (κ3) is 4.02. The summed E-state index contributed by atoms with van der Waals surface area (Å²) in [6.07, 6.45) is 0.652. The van der Waals surface area contributed by atoms with Gasteiger partial charge in [0, 0.05) is 18.2 Å². The van der Waals surface area contributed by atoms with E-state index in [1.807, 2.05) is 25.1 Å². The molecule has 2 N–H and O–H groups in total. The number of hydrogen-bond donors (Lipinski definition) is 2. The van der Waals surface area contributed by atoms with Crippen molar-refractivity contribution < 1.29 is 18.4 Å². The van der Waals surface area contributed by atoms with Gasteiger partial charge in [-0.1, -0.05) is 18.2 Å². The first-order valence-electron chi connectivity index (χ1n) is 8.08. The average molecular weight is 344 g/mol. The smallest absolute Gasteiger partial charge is 0.228 e. The summed E-state index contributed by atoms with van der Waals surface area (Å²) in [6.45, 7) is 1.85. The van der Waals surface area contributed by atoms with Gasteiger partial charge in [0.2, 0.25) is 11.8 Å². The maximum atomic E-state index is 13.6. The first kappa shape index (κ1) is 17.1. The maximum Gasteiger partial charge on any atom is 0.228 e. The van der Waals surface area contributed by atoms with Gasteiger partial charge in [-0.25, -0.2) is 8.78 Å². The lowest BCUT2D eigenvalue weighted by atomic mass is 10.0. The molecule has 1 aliphatic heterocycles. The van der Waals surface area contributed by atoms with Crippen molar-refractivity contribution in [2.75, 3.05) is 5.32 Å². The largest absolute Gasteiger partial charge is 0.350 e. The Morgan fingerprint density at radius 1 is 1.24 bits per heavy atom. The molecule has 0 unspecified atom stereocenters. The number of aryl methyl sites for hydroxylation is 1. The fourth-order valence-corrected chi connectivity index (χ4v) is 2.89. The Kier molecular flexibility index (Phi) is 4.79. The quantitative estimate of drug-likeness (QED) is 0.875. The van der Waals surface area contributed by atoms with Crippen LogP contribution in [0.2, 0.25) is 0 Å². The van der Waals surface area contributed by atoms with Crippen molar-refractivity contribution in [2.24, 2.45) is 0 Å². The first-order chi connectivity index (χ1) is 11.9. The van der Waals surface area contributed by atoms with Crippen molar-refractivity contribution in [3.05, 3.63) is 64.7 Å². The molecule has 0 bridgehead atoms. The number of hydrogen-bond acceptors (Lipinski definition) is 2. The molecule has 0 aliphatic carbocycles. The zero-order valence-corrected chi connectivity index (χ0v) is 13.7. The number of carbonyl (C=O) groups is 2. The predicted octanol–water partition coefficient (Wildman–Crippen LogP) is 3.27.